The first kappa shape index (κ1) is 16.0. The van der Waals surface area contributed by atoms with Crippen molar-refractivity contribution in [2.75, 3.05) is 25.0 Å². The third-order valence-electron chi connectivity index (χ3n) is 3.33. The van der Waals surface area contributed by atoms with Crippen LogP contribution in [-0.2, 0) is 4.79 Å². The van der Waals surface area contributed by atoms with Gasteiger partial charge in [0.25, 0.3) is 0 Å². The van der Waals surface area contributed by atoms with Crippen molar-refractivity contribution in [1.29, 1.82) is 0 Å². The van der Waals surface area contributed by atoms with Crippen LogP contribution in [0.5, 0.6) is 0 Å². The summed E-state index contributed by atoms with van der Waals surface area (Å²) < 4.78 is 0. The van der Waals surface area contributed by atoms with Gasteiger partial charge in [0.2, 0.25) is 5.91 Å². The number of hydrogen-bond acceptors (Lipinski definition) is 3. The number of amides is 1. The maximum absolute atomic E-state index is 11.9. The fraction of sp³-hybridized carbons (Fsp3) is 0.500. The number of nitrogens with two attached hydrogens (primary N) is 1. The van der Waals surface area contributed by atoms with Crippen molar-refractivity contribution in [3.05, 3.63) is 29.8 Å². The number of carbonyl (C=O) groups excluding carboxylic acids is 1. The van der Waals surface area contributed by atoms with Gasteiger partial charge < -0.3 is 11.1 Å². The van der Waals surface area contributed by atoms with E-state index in [2.05, 4.69) is 10.2 Å². The molecule has 106 valence electrons. The number of hydrogen-bond donors (Lipinski definition) is 2. The molecular formula is C14H22ClN3O. The standard InChI is InChI=1S/C14H21N3O.ClH/c1-11-2-4-13(5-3-11)16-14(18)10-17-8-6-12(15)7-9-17;/h2-5,12H,6-10,15H2,1H3,(H,16,18);1H. The molecule has 1 aliphatic heterocycles. The van der Waals surface area contributed by atoms with E-state index in [1.54, 1.807) is 0 Å². The summed E-state index contributed by atoms with van der Waals surface area (Å²) in [5.74, 6) is 0.0503. The minimum atomic E-state index is 0. The normalized spacial score (nSPS) is 16.7. The summed E-state index contributed by atoms with van der Waals surface area (Å²) in [6.45, 7) is 4.33. The van der Waals surface area contributed by atoms with E-state index in [1.807, 2.05) is 31.2 Å². The first-order chi connectivity index (χ1) is 8.63. The summed E-state index contributed by atoms with van der Waals surface area (Å²) in [5, 5.41) is 2.92. The highest BCUT2D eigenvalue weighted by atomic mass is 35.5. The van der Waals surface area contributed by atoms with Gasteiger partial charge in [0, 0.05) is 24.8 Å². The summed E-state index contributed by atoms with van der Waals surface area (Å²) in [5.41, 5.74) is 7.89. The highest BCUT2D eigenvalue weighted by molar-refractivity contribution is 5.92. The second-order valence-corrected chi connectivity index (χ2v) is 5.03. The lowest BCUT2D eigenvalue weighted by Crippen LogP contribution is -2.43. The number of halogens is 1. The van der Waals surface area contributed by atoms with Crippen LogP contribution in [0.4, 0.5) is 5.69 Å². The van der Waals surface area contributed by atoms with Gasteiger partial charge in [-0.15, -0.1) is 12.4 Å². The van der Waals surface area contributed by atoms with Gasteiger partial charge in [0.05, 0.1) is 6.54 Å². The van der Waals surface area contributed by atoms with Gasteiger partial charge in [-0.2, -0.15) is 0 Å². The van der Waals surface area contributed by atoms with Crippen LogP contribution in [0.3, 0.4) is 0 Å². The van der Waals surface area contributed by atoms with E-state index in [1.165, 1.54) is 5.56 Å². The van der Waals surface area contributed by atoms with E-state index in [0.29, 0.717) is 12.6 Å². The quantitative estimate of drug-likeness (QED) is 0.889. The Bertz CT molecular complexity index is 400. The molecular weight excluding hydrogens is 262 g/mol. The van der Waals surface area contributed by atoms with Gasteiger partial charge >= 0.3 is 0 Å². The lowest BCUT2D eigenvalue weighted by atomic mass is 10.1. The van der Waals surface area contributed by atoms with E-state index in [-0.39, 0.29) is 18.3 Å². The third kappa shape index (κ3) is 5.19. The Morgan fingerprint density at radius 2 is 1.89 bits per heavy atom. The molecule has 0 unspecified atom stereocenters. The van der Waals surface area contributed by atoms with E-state index in [4.69, 9.17) is 5.73 Å². The molecule has 2 rings (SSSR count). The lowest BCUT2D eigenvalue weighted by molar-refractivity contribution is -0.117. The molecule has 0 bridgehead atoms. The lowest BCUT2D eigenvalue weighted by Gasteiger charge is -2.29. The average Bonchev–Trinajstić information content (AvgIpc) is 2.35. The van der Waals surface area contributed by atoms with Crippen LogP contribution >= 0.6 is 12.4 Å². The maximum atomic E-state index is 11.9. The zero-order valence-corrected chi connectivity index (χ0v) is 12.1. The highest BCUT2D eigenvalue weighted by Crippen LogP contribution is 2.10. The van der Waals surface area contributed by atoms with Crippen molar-refractivity contribution in [2.45, 2.75) is 25.8 Å². The molecule has 1 aromatic rings. The average molecular weight is 284 g/mol. The number of aryl methyl sites for hydroxylation is 1. The highest BCUT2D eigenvalue weighted by Gasteiger charge is 2.18. The van der Waals surface area contributed by atoms with Crippen LogP contribution in [0.25, 0.3) is 0 Å². The molecule has 1 saturated heterocycles. The Balaban J connectivity index is 0.00000180. The van der Waals surface area contributed by atoms with Crippen LogP contribution in [-0.4, -0.2) is 36.5 Å². The molecule has 19 heavy (non-hydrogen) atoms. The Morgan fingerprint density at radius 3 is 2.47 bits per heavy atom. The molecule has 0 aliphatic carbocycles. The molecule has 4 nitrogen and oxygen atoms in total. The Morgan fingerprint density at radius 1 is 1.32 bits per heavy atom. The summed E-state index contributed by atoms with van der Waals surface area (Å²) in [7, 11) is 0. The molecule has 0 saturated carbocycles. The SMILES string of the molecule is Cc1ccc(NC(=O)CN2CCC(N)CC2)cc1.Cl. The monoisotopic (exact) mass is 283 g/mol. The second-order valence-electron chi connectivity index (χ2n) is 5.03. The van der Waals surface area contributed by atoms with Gasteiger partial charge in [-0.05, 0) is 31.9 Å². The number of rotatable bonds is 3. The van der Waals surface area contributed by atoms with Gasteiger partial charge in [0.1, 0.15) is 0 Å². The number of nitrogens with zero attached hydrogens (tertiary/aromatic N) is 1. The number of nitrogens with one attached hydrogen (secondary N) is 1. The summed E-state index contributed by atoms with van der Waals surface area (Å²) in [6.07, 6.45) is 1.97. The zero-order chi connectivity index (χ0) is 13.0. The molecule has 5 heteroatoms. The van der Waals surface area contributed by atoms with Crippen molar-refractivity contribution in [3.63, 3.8) is 0 Å². The molecule has 0 aromatic heterocycles. The van der Waals surface area contributed by atoms with Crippen molar-refractivity contribution in [2.24, 2.45) is 5.73 Å². The fourth-order valence-corrected chi connectivity index (χ4v) is 2.15. The van der Waals surface area contributed by atoms with Gasteiger partial charge in [-0.3, -0.25) is 9.69 Å². The number of piperidine rings is 1. The van der Waals surface area contributed by atoms with Gasteiger partial charge in [-0.1, -0.05) is 17.7 Å². The predicted octanol–water partition coefficient (Wildman–Crippen LogP) is 1.78. The summed E-state index contributed by atoms with van der Waals surface area (Å²) in [4.78, 5) is 14.0. The van der Waals surface area contributed by atoms with Crippen molar-refractivity contribution >= 4 is 24.0 Å². The Hall–Kier alpha value is -1.10. The first-order valence-corrected chi connectivity index (χ1v) is 6.48. The minimum Gasteiger partial charge on any atom is -0.328 e. The third-order valence-corrected chi connectivity index (χ3v) is 3.33. The molecule has 1 aliphatic rings. The van der Waals surface area contributed by atoms with E-state index in [9.17, 15) is 4.79 Å². The van der Waals surface area contributed by atoms with Crippen molar-refractivity contribution in [3.8, 4) is 0 Å². The number of likely N-dealkylation sites (tertiary alicyclic amines) is 1. The van der Waals surface area contributed by atoms with Crippen molar-refractivity contribution in [1.82, 2.24) is 4.90 Å². The molecule has 1 fully saturated rings. The van der Waals surface area contributed by atoms with Crippen LogP contribution in [0.15, 0.2) is 24.3 Å². The predicted molar refractivity (Wildman–Crippen MR) is 80.7 cm³/mol. The number of benzene rings is 1. The van der Waals surface area contributed by atoms with E-state index < -0.39 is 0 Å². The largest absolute Gasteiger partial charge is 0.328 e. The topological polar surface area (TPSA) is 58.4 Å². The molecule has 0 radical (unpaired) electrons. The van der Waals surface area contributed by atoms with Gasteiger partial charge in [-0.25, -0.2) is 0 Å². The maximum Gasteiger partial charge on any atom is 0.238 e. The molecule has 0 spiro atoms. The summed E-state index contributed by atoms with van der Waals surface area (Å²) >= 11 is 0. The number of anilines is 1. The van der Waals surface area contributed by atoms with Crippen LogP contribution < -0.4 is 11.1 Å². The van der Waals surface area contributed by atoms with Crippen LogP contribution in [0, 0.1) is 6.92 Å². The molecule has 1 amide bonds. The fourth-order valence-electron chi connectivity index (χ4n) is 2.15. The Labute approximate surface area is 120 Å². The number of carbonyl (C=O) groups is 1. The summed E-state index contributed by atoms with van der Waals surface area (Å²) in [6, 6.07) is 8.16. The molecule has 1 aromatic carbocycles. The van der Waals surface area contributed by atoms with Gasteiger partial charge in [0.15, 0.2) is 0 Å². The van der Waals surface area contributed by atoms with E-state index >= 15 is 0 Å². The van der Waals surface area contributed by atoms with Crippen LogP contribution in [0.2, 0.25) is 0 Å². The first-order valence-electron chi connectivity index (χ1n) is 6.48. The molecule has 0 atom stereocenters. The zero-order valence-electron chi connectivity index (χ0n) is 11.3. The Kier molecular flexibility index (Phi) is 6.28. The molecule has 3 N–H and O–H groups in total. The smallest absolute Gasteiger partial charge is 0.238 e. The van der Waals surface area contributed by atoms with E-state index in [0.717, 1.165) is 31.6 Å². The van der Waals surface area contributed by atoms with Crippen LogP contribution in [0.1, 0.15) is 18.4 Å². The minimum absolute atomic E-state index is 0. The van der Waals surface area contributed by atoms with Crippen molar-refractivity contribution < 1.29 is 4.79 Å². The molecule has 1 heterocycles. The second kappa shape index (κ2) is 7.48.